The van der Waals surface area contributed by atoms with Gasteiger partial charge in [0.1, 0.15) is 11.6 Å². The quantitative estimate of drug-likeness (QED) is 0.817. The Kier molecular flexibility index (Phi) is 4.30. The molecular weight excluding hydrogens is 234 g/mol. The highest BCUT2D eigenvalue weighted by atomic mass is 19.1. The number of benzene rings is 1. The van der Waals surface area contributed by atoms with Gasteiger partial charge in [-0.15, -0.1) is 0 Å². The maximum Gasteiger partial charge on any atom is 0.126 e. The van der Waals surface area contributed by atoms with E-state index in [1.807, 2.05) is 0 Å². The van der Waals surface area contributed by atoms with Crippen molar-refractivity contribution in [2.45, 2.75) is 26.4 Å². The minimum atomic E-state index is -0.495. The Bertz CT molecular complexity index is 379. The molecule has 1 aliphatic rings. The summed E-state index contributed by atoms with van der Waals surface area (Å²) in [5.74, 6) is -0.989. The van der Waals surface area contributed by atoms with Crippen molar-refractivity contribution in [3.05, 3.63) is 35.4 Å². The van der Waals surface area contributed by atoms with Crippen LogP contribution in [-0.4, -0.2) is 42.0 Å². The first-order valence-corrected chi connectivity index (χ1v) is 6.46. The fraction of sp³-hybridized carbons (Fsp3) is 0.571. The molecule has 0 aliphatic carbocycles. The summed E-state index contributed by atoms with van der Waals surface area (Å²) in [6.07, 6.45) is 0. The predicted octanol–water partition coefficient (Wildman–Crippen LogP) is 2.49. The number of hydrogen-bond acceptors (Lipinski definition) is 2. The molecule has 1 fully saturated rings. The monoisotopic (exact) mass is 254 g/mol. The third-order valence-electron chi connectivity index (χ3n) is 3.47. The SMILES string of the molecule is CC(C)N1CCN(Cc2cc(F)cc(F)c2)CC1. The second-order valence-electron chi connectivity index (χ2n) is 5.18. The molecule has 0 radical (unpaired) electrons. The van der Waals surface area contributed by atoms with E-state index in [1.54, 1.807) is 0 Å². The minimum Gasteiger partial charge on any atom is -0.298 e. The minimum absolute atomic E-state index is 0.495. The molecule has 0 N–H and O–H groups in total. The summed E-state index contributed by atoms with van der Waals surface area (Å²) in [6, 6.07) is 4.31. The third-order valence-corrected chi connectivity index (χ3v) is 3.47. The summed E-state index contributed by atoms with van der Waals surface area (Å²) in [6.45, 7) is 8.97. The normalized spacial score (nSPS) is 18.5. The second kappa shape index (κ2) is 5.76. The highest BCUT2D eigenvalue weighted by Crippen LogP contribution is 2.13. The van der Waals surface area contributed by atoms with E-state index >= 15 is 0 Å². The molecule has 1 saturated heterocycles. The Labute approximate surface area is 107 Å². The molecule has 1 aliphatic heterocycles. The summed E-state index contributed by atoms with van der Waals surface area (Å²) in [5, 5.41) is 0. The Balaban J connectivity index is 1.91. The average Bonchev–Trinajstić information content (AvgIpc) is 2.28. The molecule has 1 heterocycles. The number of halogens is 2. The van der Waals surface area contributed by atoms with Gasteiger partial charge >= 0.3 is 0 Å². The number of nitrogens with zero attached hydrogens (tertiary/aromatic N) is 2. The lowest BCUT2D eigenvalue weighted by Gasteiger charge is -2.36. The van der Waals surface area contributed by atoms with E-state index in [-0.39, 0.29) is 0 Å². The van der Waals surface area contributed by atoms with E-state index in [0.717, 1.165) is 32.2 Å². The number of piperazine rings is 1. The zero-order chi connectivity index (χ0) is 13.1. The van der Waals surface area contributed by atoms with Gasteiger partial charge in [0.25, 0.3) is 0 Å². The van der Waals surface area contributed by atoms with Crippen LogP contribution in [-0.2, 0) is 6.54 Å². The topological polar surface area (TPSA) is 6.48 Å². The molecule has 1 aromatic rings. The molecule has 0 bridgehead atoms. The standard InChI is InChI=1S/C14H20F2N2/c1-11(2)18-5-3-17(4-6-18)10-12-7-13(15)9-14(16)8-12/h7-9,11H,3-6,10H2,1-2H3. The van der Waals surface area contributed by atoms with Crippen molar-refractivity contribution in [3.63, 3.8) is 0 Å². The van der Waals surface area contributed by atoms with Crippen LogP contribution < -0.4 is 0 Å². The van der Waals surface area contributed by atoms with Crippen molar-refractivity contribution in [2.75, 3.05) is 26.2 Å². The van der Waals surface area contributed by atoms with E-state index < -0.39 is 11.6 Å². The second-order valence-corrected chi connectivity index (χ2v) is 5.18. The Morgan fingerprint density at radius 2 is 1.56 bits per heavy atom. The molecule has 0 aromatic heterocycles. The molecule has 0 amide bonds. The van der Waals surface area contributed by atoms with Crippen molar-refractivity contribution in [1.29, 1.82) is 0 Å². The highest BCUT2D eigenvalue weighted by molar-refractivity contribution is 5.17. The van der Waals surface area contributed by atoms with Crippen LogP contribution in [0.25, 0.3) is 0 Å². The summed E-state index contributed by atoms with van der Waals surface area (Å²) < 4.78 is 26.2. The Morgan fingerprint density at radius 3 is 2.06 bits per heavy atom. The fourth-order valence-electron chi connectivity index (χ4n) is 2.40. The van der Waals surface area contributed by atoms with Gasteiger partial charge in [0.2, 0.25) is 0 Å². The van der Waals surface area contributed by atoms with Crippen LogP contribution in [0.4, 0.5) is 8.78 Å². The van der Waals surface area contributed by atoms with Gasteiger partial charge in [-0.3, -0.25) is 9.80 Å². The van der Waals surface area contributed by atoms with Gasteiger partial charge in [-0.05, 0) is 31.5 Å². The molecule has 0 saturated carbocycles. The van der Waals surface area contributed by atoms with Gasteiger partial charge in [0, 0.05) is 44.8 Å². The molecule has 2 rings (SSSR count). The van der Waals surface area contributed by atoms with Crippen LogP contribution in [0.15, 0.2) is 18.2 Å². The number of rotatable bonds is 3. The lowest BCUT2D eigenvalue weighted by molar-refractivity contribution is 0.104. The molecular formula is C14H20F2N2. The Morgan fingerprint density at radius 1 is 1.00 bits per heavy atom. The first-order valence-electron chi connectivity index (χ1n) is 6.46. The van der Waals surface area contributed by atoms with Gasteiger partial charge in [-0.25, -0.2) is 8.78 Å². The smallest absolute Gasteiger partial charge is 0.126 e. The first kappa shape index (κ1) is 13.4. The summed E-state index contributed by atoms with van der Waals surface area (Å²) >= 11 is 0. The summed E-state index contributed by atoms with van der Waals surface area (Å²) in [4.78, 5) is 4.66. The zero-order valence-corrected chi connectivity index (χ0v) is 11.0. The summed E-state index contributed by atoms with van der Waals surface area (Å²) in [5.41, 5.74) is 0.713. The van der Waals surface area contributed by atoms with Crippen molar-refractivity contribution in [1.82, 2.24) is 9.80 Å². The van der Waals surface area contributed by atoms with E-state index in [2.05, 4.69) is 23.6 Å². The molecule has 0 spiro atoms. The predicted molar refractivity (Wildman–Crippen MR) is 68.3 cm³/mol. The van der Waals surface area contributed by atoms with Crippen LogP contribution >= 0.6 is 0 Å². The van der Waals surface area contributed by atoms with E-state index in [0.29, 0.717) is 18.2 Å². The van der Waals surface area contributed by atoms with Crippen molar-refractivity contribution in [3.8, 4) is 0 Å². The molecule has 100 valence electrons. The van der Waals surface area contributed by atoms with Gasteiger partial charge in [-0.2, -0.15) is 0 Å². The highest BCUT2D eigenvalue weighted by Gasteiger charge is 2.18. The third kappa shape index (κ3) is 3.50. The maximum absolute atomic E-state index is 13.1. The van der Waals surface area contributed by atoms with E-state index in [9.17, 15) is 8.78 Å². The maximum atomic E-state index is 13.1. The van der Waals surface area contributed by atoms with Gasteiger partial charge in [-0.1, -0.05) is 0 Å². The number of hydrogen-bond donors (Lipinski definition) is 0. The average molecular weight is 254 g/mol. The lowest BCUT2D eigenvalue weighted by atomic mass is 10.1. The van der Waals surface area contributed by atoms with Crippen LogP contribution in [0.5, 0.6) is 0 Å². The van der Waals surface area contributed by atoms with Crippen molar-refractivity contribution < 1.29 is 8.78 Å². The van der Waals surface area contributed by atoms with Gasteiger partial charge < -0.3 is 0 Å². The fourth-order valence-corrected chi connectivity index (χ4v) is 2.40. The largest absolute Gasteiger partial charge is 0.298 e. The van der Waals surface area contributed by atoms with Crippen LogP contribution in [0.3, 0.4) is 0 Å². The summed E-state index contributed by atoms with van der Waals surface area (Å²) in [7, 11) is 0. The molecule has 0 unspecified atom stereocenters. The lowest BCUT2D eigenvalue weighted by Crippen LogP contribution is -2.48. The van der Waals surface area contributed by atoms with E-state index in [4.69, 9.17) is 0 Å². The Hall–Kier alpha value is -1.00. The van der Waals surface area contributed by atoms with Crippen molar-refractivity contribution in [2.24, 2.45) is 0 Å². The van der Waals surface area contributed by atoms with Gasteiger partial charge in [0.15, 0.2) is 0 Å². The first-order chi connectivity index (χ1) is 8.54. The van der Waals surface area contributed by atoms with E-state index in [1.165, 1.54) is 12.1 Å². The zero-order valence-electron chi connectivity index (χ0n) is 11.0. The molecule has 4 heteroatoms. The molecule has 18 heavy (non-hydrogen) atoms. The molecule has 1 aromatic carbocycles. The van der Waals surface area contributed by atoms with Crippen LogP contribution in [0, 0.1) is 11.6 Å². The van der Waals surface area contributed by atoms with Crippen molar-refractivity contribution >= 4 is 0 Å². The molecule has 0 atom stereocenters. The van der Waals surface area contributed by atoms with Gasteiger partial charge in [0.05, 0.1) is 0 Å². The van der Waals surface area contributed by atoms with Crippen LogP contribution in [0.1, 0.15) is 19.4 Å². The molecule has 2 nitrogen and oxygen atoms in total. The van der Waals surface area contributed by atoms with Crippen LogP contribution in [0.2, 0.25) is 0 Å².